The largest absolute Gasteiger partial charge is 0.468 e. The molecule has 1 aromatic heterocycles. The molecule has 0 bridgehead atoms. The summed E-state index contributed by atoms with van der Waals surface area (Å²) < 4.78 is 6.76. The number of pyridine rings is 1. The average molecular weight is 374 g/mol. The van der Waals surface area contributed by atoms with Crippen molar-refractivity contribution in [1.82, 2.24) is 10.3 Å². The molecule has 0 saturated heterocycles. The third-order valence-electron chi connectivity index (χ3n) is 3.18. The summed E-state index contributed by atoms with van der Waals surface area (Å²) in [6.07, 6.45) is 3.54. The minimum atomic E-state index is -1.24. The molecule has 118 valence electrons. The molecule has 2 rings (SSSR count). The number of nitrogens with zero attached hydrogens (tertiary/aromatic N) is 2. The molecule has 0 aliphatic carbocycles. The number of hydrogen-bond donors (Lipinski definition) is 3. The van der Waals surface area contributed by atoms with Crippen LogP contribution in [0.15, 0.2) is 53.3 Å². The summed E-state index contributed by atoms with van der Waals surface area (Å²) in [5, 5.41) is 19.8. The molecule has 0 aliphatic rings. The van der Waals surface area contributed by atoms with Gasteiger partial charge in [-0.05, 0) is 34.1 Å². The average Bonchev–Trinajstić information content (AvgIpc) is 2.54. The Balaban J connectivity index is 2.35. The predicted molar refractivity (Wildman–Crippen MR) is 90.8 cm³/mol. The number of nitrogens with one attached hydrogen (secondary N) is 2. The van der Waals surface area contributed by atoms with E-state index in [0.29, 0.717) is 24.3 Å². The van der Waals surface area contributed by atoms with Gasteiger partial charge in [0.15, 0.2) is 5.96 Å². The number of aromatic nitrogens is 1. The van der Waals surface area contributed by atoms with Gasteiger partial charge in [-0.1, -0.05) is 18.2 Å². The van der Waals surface area contributed by atoms with E-state index in [-0.39, 0.29) is 5.96 Å². The van der Waals surface area contributed by atoms with Gasteiger partial charge in [0.25, 0.3) is 0 Å². The summed E-state index contributed by atoms with van der Waals surface area (Å²) in [6, 6.07) is 13.2. The molecule has 1 aromatic carbocycles. The number of ether oxygens (including phenoxy) is 1. The summed E-state index contributed by atoms with van der Waals surface area (Å²) in [5.41, 5.74) is 4.70. The van der Waals surface area contributed by atoms with Crippen molar-refractivity contribution in [2.45, 2.75) is 12.0 Å². The number of nitriles is 1. The number of guanidine groups is 1. The fourth-order valence-electron chi connectivity index (χ4n) is 2.09. The first kappa shape index (κ1) is 16.8. The van der Waals surface area contributed by atoms with Crippen LogP contribution in [0.25, 0.3) is 0 Å². The van der Waals surface area contributed by atoms with E-state index in [0.717, 1.165) is 4.47 Å². The monoisotopic (exact) mass is 373 g/mol. The van der Waals surface area contributed by atoms with E-state index in [1.165, 1.54) is 0 Å². The fourth-order valence-corrected chi connectivity index (χ4v) is 2.46. The van der Waals surface area contributed by atoms with Gasteiger partial charge in [-0.2, -0.15) is 5.26 Å². The molecule has 1 atom stereocenters. The number of halogens is 1. The van der Waals surface area contributed by atoms with Crippen LogP contribution in [0.1, 0.15) is 12.0 Å². The van der Waals surface area contributed by atoms with Gasteiger partial charge in [-0.15, -0.1) is 0 Å². The molecule has 6 nitrogen and oxygen atoms in total. The molecule has 0 aliphatic heterocycles. The Labute approximate surface area is 142 Å². The highest BCUT2D eigenvalue weighted by Crippen LogP contribution is 2.31. The number of hydrogen-bond acceptors (Lipinski definition) is 4. The number of nitrogens with two attached hydrogens (primary N) is 1. The lowest BCUT2D eigenvalue weighted by molar-refractivity contribution is 0.118. The van der Waals surface area contributed by atoms with E-state index in [2.05, 4.69) is 32.3 Å². The van der Waals surface area contributed by atoms with Crippen molar-refractivity contribution in [2.75, 3.05) is 6.54 Å². The predicted octanol–water partition coefficient (Wildman–Crippen LogP) is 2.52. The number of para-hydroxylation sites is 1. The van der Waals surface area contributed by atoms with E-state index in [1.807, 2.05) is 18.2 Å². The molecule has 0 spiro atoms. The van der Waals surface area contributed by atoms with Gasteiger partial charge in [-0.25, -0.2) is 0 Å². The van der Waals surface area contributed by atoms with Crippen molar-refractivity contribution in [3.05, 3.63) is 58.8 Å². The highest BCUT2D eigenvalue weighted by molar-refractivity contribution is 9.10. The van der Waals surface area contributed by atoms with Crippen molar-refractivity contribution in [2.24, 2.45) is 5.73 Å². The van der Waals surface area contributed by atoms with Gasteiger partial charge in [0.2, 0.25) is 5.60 Å². The molecule has 0 amide bonds. The van der Waals surface area contributed by atoms with E-state index < -0.39 is 5.60 Å². The standard InChI is InChI=1S/C16H16BrN5O/c17-13-8-12(9-21-10-13)16(11-18,6-7-22-15(19)20)23-14-4-2-1-3-5-14/h1-5,8-10H,6-7H2,(H4,19,20,22). The Kier molecular flexibility index (Phi) is 5.55. The lowest BCUT2D eigenvalue weighted by Gasteiger charge is -2.28. The fraction of sp³-hybridized carbons (Fsp3) is 0.188. The molecule has 23 heavy (non-hydrogen) atoms. The molecule has 7 heteroatoms. The Morgan fingerprint density at radius 2 is 2.13 bits per heavy atom. The van der Waals surface area contributed by atoms with Crippen molar-refractivity contribution in [3.63, 3.8) is 0 Å². The third kappa shape index (κ3) is 4.44. The second-order valence-corrected chi connectivity index (χ2v) is 5.75. The van der Waals surface area contributed by atoms with E-state index >= 15 is 0 Å². The molecule has 0 saturated carbocycles. The summed E-state index contributed by atoms with van der Waals surface area (Å²) in [5.74, 6) is 0.431. The Bertz CT molecular complexity index is 716. The lowest BCUT2D eigenvalue weighted by Crippen LogP contribution is -2.38. The first-order valence-corrected chi connectivity index (χ1v) is 7.69. The maximum Gasteiger partial charge on any atom is 0.222 e. The first-order chi connectivity index (χ1) is 11.1. The molecular weight excluding hydrogens is 358 g/mol. The summed E-state index contributed by atoms with van der Waals surface area (Å²) >= 11 is 3.36. The highest BCUT2D eigenvalue weighted by Gasteiger charge is 2.35. The van der Waals surface area contributed by atoms with Crippen LogP contribution < -0.4 is 15.8 Å². The van der Waals surface area contributed by atoms with E-state index in [4.69, 9.17) is 15.9 Å². The van der Waals surface area contributed by atoms with E-state index in [1.54, 1.807) is 30.6 Å². The maximum absolute atomic E-state index is 9.82. The van der Waals surface area contributed by atoms with Gasteiger partial charge in [0.05, 0.1) is 0 Å². The lowest BCUT2D eigenvalue weighted by atomic mass is 9.92. The zero-order valence-electron chi connectivity index (χ0n) is 12.3. The Morgan fingerprint density at radius 1 is 1.39 bits per heavy atom. The van der Waals surface area contributed by atoms with Gasteiger partial charge in [-0.3, -0.25) is 10.4 Å². The molecule has 0 fully saturated rings. The van der Waals surface area contributed by atoms with Gasteiger partial charge in [0, 0.05) is 35.4 Å². The zero-order chi connectivity index (χ0) is 16.7. The second kappa shape index (κ2) is 7.61. The molecular formula is C16H16BrN5O. The highest BCUT2D eigenvalue weighted by atomic mass is 79.9. The van der Waals surface area contributed by atoms with Crippen LogP contribution in [0, 0.1) is 16.7 Å². The Morgan fingerprint density at radius 3 is 2.74 bits per heavy atom. The third-order valence-corrected chi connectivity index (χ3v) is 3.61. The van der Waals surface area contributed by atoms with Crippen molar-refractivity contribution in [1.29, 1.82) is 10.7 Å². The SMILES string of the molecule is N#CC(CCNC(=N)N)(Oc1ccccc1)c1cncc(Br)c1. The molecule has 0 radical (unpaired) electrons. The number of rotatable bonds is 6. The normalized spacial score (nSPS) is 12.7. The summed E-state index contributed by atoms with van der Waals surface area (Å²) in [4.78, 5) is 4.12. The van der Waals surface area contributed by atoms with Crippen LogP contribution in [0.5, 0.6) is 5.75 Å². The molecule has 1 unspecified atom stereocenters. The zero-order valence-corrected chi connectivity index (χ0v) is 13.9. The van der Waals surface area contributed by atoms with Gasteiger partial charge < -0.3 is 15.8 Å². The van der Waals surface area contributed by atoms with Crippen molar-refractivity contribution >= 4 is 21.9 Å². The van der Waals surface area contributed by atoms with Crippen LogP contribution in [-0.2, 0) is 5.60 Å². The minimum Gasteiger partial charge on any atom is -0.468 e. The smallest absolute Gasteiger partial charge is 0.222 e. The van der Waals surface area contributed by atoms with Gasteiger partial charge >= 0.3 is 0 Å². The maximum atomic E-state index is 9.82. The quantitative estimate of drug-likeness (QED) is 0.532. The van der Waals surface area contributed by atoms with Crippen LogP contribution in [0.4, 0.5) is 0 Å². The molecule has 1 heterocycles. The van der Waals surface area contributed by atoms with Crippen LogP contribution in [0.3, 0.4) is 0 Å². The number of benzene rings is 1. The Hall–Kier alpha value is -2.59. The van der Waals surface area contributed by atoms with Crippen molar-refractivity contribution in [3.8, 4) is 11.8 Å². The minimum absolute atomic E-state index is 0.149. The van der Waals surface area contributed by atoms with Gasteiger partial charge in [0.1, 0.15) is 11.8 Å². The second-order valence-electron chi connectivity index (χ2n) is 4.84. The first-order valence-electron chi connectivity index (χ1n) is 6.90. The van der Waals surface area contributed by atoms with Crippen LogP contribution >= 0.6 is 15.9 Å². The topological polar surface area (TPSA) is 108 Å². The van der Waals surface area contributed by atoms with Crippen molar-refractivity contribution < 1.29 is 4.74 Å². The molecule has 4 N–H and O–H groups in total. The summed E-state index contributed by atoms with van der Waals surface area (Å²) in [7, 11) is 0. The van der Waals surface area contributed by atoms with E-state index in [9.17, 15) is 5.26 Å². The van der Waals surface area contributed by atoms with Crippen LogP contribution in [-0.4, -0.2) is 17.5 Å². The van der Waals surface area contributed by atoms with Crippen LogP contribution in [0.2, 0.25) is 0 Å². The summed E-state index contributed by atoms with van der Waals surface area (Å²) in [6.45, 7) is 0.322. The molecule has 2 aromatic rings.